The van der Waals surface area contributed by atoms with Crippen molar-refractivity contribution < 1.29 is 9.13 Å². The van der Waals surface area contributed by atoms with E-state index in [1.54, 1.807) is 17.9 Å². The van der Waals surface area contributed by atoms with E-state index < -0.39 is 0 Å². The molecule has 0 amide bonds. The lowest BCUT2D eigenvalue weighted by atomic mass is 9.85. The number of aryl methyl sites for hydroxylation is 2. The van der Waals surface area contributed by atoms with Crippen molar-refractivity contribution in [2.24, 2.45) is 12.5 Å². The number of benzene rings is 2. The molecule has 0 fully saturated rings. The Morgan fingerprint density at radius 2 is 1.88 bits per heavy atom. The Morgan fingerprint density at radius 3 is 2.50 bits per heavy atom. The van der Waals surface area contributed by atoms with Crippen LogP contribution in [0.5, 0.6) is 5.75 Å². The molecule has 2 aromatic carbocycles. The minimum Gasteiger partial charge on any atom is -0.497 e. The number of ether oxygens (including phenoxy) is 1. The highest BCUT2D eigenvalue weighted by atomic mass is 19.1. The first kappa shape index (κ1) is 23.6. The van der Waals surface area contributed by atoms with Crippen molar-refractivity contribution in [2.45, 2.75) is 40.5 Å². The van der Waals surface area contributed by atoms with E-state index in [2.05, 4.69) is 48.2 Å². The summed E-state index contributed by atoms with van der Waals surface area (Å²) in [7, 11) is 3.55. The predicted octanol–water partition coefficient (Wildman–Crippen LogP) is 5.50. The SMILES string of the molecule is CCCN(CC(C)(C)Cc1ccc(OC)cc1)c1nc(Nc2ccc(F)cc2C)n(C)n1. The van der Waals surface area contributed by atoms with Crippen LogP contribution in [0.3, 0.4) is 0 Å². The highest BCUT2D eigenvalue weighted by Gasteiger charge is 2.25. The Bertz CT molecular complexity index is 1030. The molecule has 0 aliphatic carbocycles. The molecule has 6 nitrogen and oxygen atoms in total. The highest BCUT2D eigenvalue weighted by Crippen LogP contribution is 2.27. The summed E-state index contributed by atoms with van der Waals surface area (Å²) in [5.41, 5.74) is 2.93. The summed E-state index contributed by atoms with van der Waals surface area (Å²) in [6.45, 7) is 10.3. The second-order valence-electron chi connectivity index (χ2n) is 9.05. The van der Waals surface area contributed by atoms with Crippen LogP contribution in [0.25, 0.3) is 0 Å². The van der Waals surface area contributed by atoms with Crippen LogP contribution in [-0.2, 0) is 13.5 Å². The van der Waals surface area contributed by atoms with Gasteiger partial charge in [0.05, 0.1) is 7.11 Å². The molecule has 0 unspecified atom stereocenters. The van der Waals surface area contributed by atoms with Crippen LogP contribution in [0.2, 0.25) is 0 Å². The van der Waals surface area contributed by atoms with Gasteiger partial charge in [0.1, 0.15) is 11.6 Å². The first-order valence-corrected chi connectivity index (χ1v) is 11.0. The van der Waals surface area contributed by atoms with E-state index in [4.69, 9.17) is 9.72 Å². The van der Waals surface area contributed by atoms with E-state index in [1.165, 1.54) is 17.7 Å². The van der Waals surface area contributed by atoms with Crippen molar-refractivity contribution in [3.8, 4) is 5.75 Å². The van der Waals surface area contributed by atoms with Gasteiger partial charge in [0.15, 0.2) is 0 Å². The van der Waals surface area contributed by atoms with Crippen molar-refractivity contribution in [3.63, 3.8) is 0 Å². The number of methoxy groups -OCH3 is 1. The maximum absolute atomic E-state index is 13.4. The lowest BCUT2D eigenvalue weighted by Crippen LogP contribution is -2.37. The minimum absolute atomic E-state index is 0.0180. The monoisotopic (exact) mass is 439 g/mol. The molecule has 0 radical (unpaired) electrons. The van der Waals surface area contributed by atoms with E-state index in [1.807, 2.05) is 26.1 Å². The van der Waals surface area contributed by atoms with E-state index in [9.17, 15) is 4.39 Å². The van der Waals surface area contributed by atoms with Crippen molar-refractivity contribution in [1.82, 2.24) is 14.8 Å². The second kappa shape index (κ2) is 10.0. The number of hydrogen-bond acceptors (Lipinski definition) is 5. The van der Waals surface area contributed by atoms with Gasteiger partial charge in [0, 0.05) is 25.8 Å². The van der Waals surface area contributed by atoms with Crippen molar-refractivity contribution >= 4 is 17.6 Å². The lowest BCUT2D eigenvalue weighted by Gasteiger charge is -2.32. The molecular weight excluding hydrogens is 405 g/mol. The van der Waals surface area contributed by atoms with E-state index in [0.29, 0.717) is 11.9 Å². The third-order valence-corrected chi connectivity index (χ3v) is 5.42. The molecular formula is C25H34FN5O. The summed E-state index contributed by atoms with van der Waals surface area (Å²) >= 11 is 0. The van der Waals surface area contributed by atoms with Crippen LogP contribution in [-0.4, -0.2) is 35.0 Å². The van der Waals surface area contributed by atoms with E-state index in [-0.39, 0.29) is 11.2 Å². The minimum atomic E-state index is -0.250. The Balaban J connectivity index is 1.76. The largest absolute Gasteiger partial charge is 0.497 e. The molecule has 0 atom stereocenters. The number of hydrogen-bond donors (Lipinski definition) is 1. The topological polar surface area (TPSA) is 55.2 Å². The van der Waals surface area contributed by atoms with E-state index in [0.717, 1.165) is 42.9 Å². The molecule has 0 spiro atoms. The zero-order valence-corrected chi connectivity index (χ0v) is 19.9. The molecule has 0 saturated heterocycles. The standard InChI is InChI=1S/C25H34FN5O/c1-7-14-31(17-25(3,4)16-19-8-11-21(32-6)12-9-19)24-28-23(30(5)29-24)27-22-13-10-20(26)15-18(22)2/h8-13,15H,7,14,16-17H2,1-6H3,(H,27,28,29). The van der Waals surface area contributed by atoms with Crippen LogP contribution in [0.4, 0.5) is 22.0 Å². The van der Waals surface area contributed by atoms with Gasteiger partial charge < -0.3 is 15.0 Å². The number of aromatic nitrogens is 3. The Morgan fingerprint density at radius 1 is 1.16 bits per heavy atom. The highest BCUT2D eigenvalue weighted by molar-refractivity contribution is 5.59. The molecule has 0 saturated carbocycles. The van der Waals surface area contributed by atoms with Crippen LogP contribution in [0.1, 0.15) is 38.3 Å². The van der Waals surface area contributed by atoms with Crippen molar-refractivity contribution in [3.05, 3.63) is 59.4 Å². The average Bonchev–Trinajstić information content (AvgIpc) is 3.10. The second-order valence-corrected chi connectivity index (χ2v) is 9.05. The Labute approximate surface area is 190 Å². The maximum Gasteiger partial charge on any atom is 0.246 e. The molecule has 3 rings (SSSR count). The van der Waals surface area contributed by atoms with Crippen LogP contribution in [0.15, 0.2) is 42.5 Å². The number of halogens is 1. The van der Waals surface area contributed by atoms with Gasteiger partial charge in [-0.1, -0.05) is 32.9 Å². The van der Waals surface area contributed by atoms with Gasteiger partial charge in [-0.15, -0.1) is 5.10 Å². The molecule has 3 aromatic rings. The van der Waals surface area contributed by atoms with Gasteiger partial charge >= 0.3 is 0 Å². The molecule has 0 aliphatic heterocycles. The summed E-state index contributed by atoms with van der Waals surface area (Å²) in [6, 6.07) is 12.9. The summed E-state index contributed by atoms with van der Waals surface area (Å²) in [4.78, 5) is 7.00. The zero-order valence-electron chi connectivity index (χ0n) is 19.9. The Kier molecular flexibility index (Phi) is 7.38. The molecule has 0 aliphatic rings. The van der Waals surface area contributed by atoms with Gasteiger partial charge in [0.25, 0.3) is 0 Å². The van der Waals surface area contributed by atoms with E-state index >= 15 is 0 Å². The number of anilines is 3. The molecule has 1 N–H and O–H groups in total. The molecule has 172 valence electrons. The zero-order chi connectivity index (χ0) is 23.3. The van der Waals surface area contributed by atoms with Gasteiger partial charge in [-0.25, -0.2) is 9.07 Å². The fourth-order valence-corrected chi connectivity index (χ4v) is 3.89. The normalized spacial score (nSPS) is 11.5. The summed E-state index contributed by atoms with van der Waals surface area (Å²) in [5.74, 6) is 1.94. The number of nitrogens with zero attached hydrogens (tertiary/aromatic N) is 4. The van der Waals surface area contributed by atoms with Crippen LogP contribution in [0, 0.1) is 18.2 Å². The van der Waals surface area contributed by atoms with Gasteiger partial charge in [-0.2, -0.15) is 4.98 Å². The maximum atomic E-state index is 13.4. The van der Waals surface area contributed by atoms with Crippen molar-refractivity contribution in [1.29, 1.82) is 0 Å². The molecule has 7 heteroatoms. The summed E-state index contributed by atoms with van der Waals surface area (Å²) < 4.78 is 20.4. The Hall–Kier alpha value is -3.09. The predicted molar refractivity (Wildman–Crippen MR) is 128 cm³/mol. The third-order valence-electron chi connectivity index (χ3n) is 5.42. The average molecular weight is 440 g/mol. The molecule has 1 heterocycles. The van der Waals surface area contributed by atoms with Crippen LogP contribution >= 0.6 is 0 Å². The fourth-order valence-electron chi connectivity index (χ4n) is 3.89. The van der Waals surface area contributed by atoms with Gasteiger partial charge in [-0.05, 0) is 66.6 Å². The first-order chi connectivity index (χ1) is 15.2. The molecule has 32 heavy (non-hydrogen) atoms. The van der Waals surface area contributed by atoms with Gasteiger partial charge in [-0.3, -0.25) is 0 Å². The quantitative estimate of drug-likeness (QED) is 0.452. The summed E-state index contributed by atoms with van der Waals surface area (Å²) in [5, 5.41) is 7.95. The lowest BCUT2D eigenvalue weighted by molar-refractivity contribution is 0.360. The smallest absolute Gasteiger partial charge is 0.246 e. The fraction of sp³-hybridized carbons (Fsp3) is 0.440. The first-order valence-electron chi connectivity index (χ1n) is 11.0. The van der Waals surface area contributed by atoms with Gasteiger partial charge in [0.2, 0.25) is 11.9 Å². The summed E-state index contributed by atoms with van der Waals surface area (Å²) in [6.07, 6.45) is 1.93. The van der Waals surface area contributed by atoms with Crippen LogP contribution < -0.4 is 15.0 Å². The third kappa shape index (κ3) is 5.99. The van der Waals surface area contributed by atoms with Crippen molar-refractivity contribution in [2.75, 3.05) is 30.4 Å². The molecule has 1 aromatic heterocycles. The molecule has 0 bridgehead atoms. The number of rotatable bonds is 10. The number of nitrogens with one attached hydrogen (secondary N) is 1.